The molecule has 1 aromatic rings. The summed E-state index contributed by atoms with van der Waals surface area (Å²) < 4.78 is 0. The quantitative estimate of drug-likeness (QED) is 0.760. The van der Waals surface area contributed by atoms with E-state index >= 15 is 0 Å². The molecular weight excluding hydrogens is 252 g/mol. The molecule has 19 heavy (non-hydrogen) atoms. The first-order chi connectivity index (χ1) is 8.72. The summed E-state index contributed by atoms with van der Waals surface area (Å²) in [7, 11) is 0. The van der Waals surface area contributed by atoms with Crippen LogP contribution in [0.5, 0.6) is 0 Å². The van der Waals surface area contributed by atoms with E-state index in [1.807, 2.05) is 11.3 Å². The smallest absolute Gasteiger partial charge is 0.0568 e. The number of rotatable bonds is 0. The zero-order chi connectivity index (χ0) is 13.9. The predicted molar refractivity (Wildman–Crippen MR) is 82.8 cm³/mol. The topological polar surface area (TPSA) is 24.1 Å². The number of thiophene rings is 1. The first-order valence-electron chi connectivity index (χ1n) is 7.35. The molecule has 1 spiro atoms. The van der Waals surface area contributed by atoms with Crippen LogP contribution in [0.3, 0.4) is 0 Å². The Bertz CT molecular complexity index is 471. The Morgan fingerprint density at radius 1 is 1.16 bits per heavy atom. The first-order valence-corrected chi connectivity index (χ1v) is 8.23. The fraction of sp³-hybridized carbons (Fsp3) is 0.750. The minimum atomic E-state index is 0.166. The van der Waals surface area contributed by atoms with E-state index in [0.717, 1.165) is 0 Å². The molecule has 0 saturated carbocycles. The third-order valence-corrected chi connectivity index (χ3v) is 5.56. The van der Waals surface area contributed by atoms with Gasteiger partial charge in [-0.3, -0.25) is 0 Å². The SMILES string of the molecule is C[C@@H]1Cc2ccsc2C2(CC(C)(C)NC(C)(C)C2)N1. The lowest BCUT2D eigenvalue weighted by Gasteiger charge is -2.55. The van der Waals surface area contributed by atoms with Gasteiger partial charge in [0.2, 0.25) is 0 Å². The van der Waals surface area contributed by atoms with Gasteiger partial charge in [0.25, 0.3) is 0 Å². The Morgan fingerprint density at radius 3 is 2.42 bits per heavy atom. The van der Waals surface area contributed by atoms with Crippen LogP contribution in [0.25, 0.3) is 0 Å². The van der Waals surface area contributed by atoms with Gasteiger partial charge in [-0.25, -0.2) is 0 Å². The molecule has 106 valence electrons. The molecule has 2 nitrogen and oxygen atoms in total. The Morgan fingerprint density at radius 2 is 1.79 bits per heavy atom. The monoisotopic (exact) mass is 278 g/mol. The van der Waals surface area contributed by atoms with Crippen molar-refractivity contribution in [3.05, 3.63) is 21.9 Å². The lowest BCUT2D eigenvalue weighted by atomic mass is 9.67. The van der Waals surface area contributed by atoms with Crippen molar-refractivity contribution in [2.75, 3.05) is 0 Å². The standard InChI is InChI=1S/C16H26N2S/c1-11-8-12-6-7-19-13(12)16(17-11)9-14(2,3)18-15(4,5)10-16/h6-7,11,17-18H,8-10H2,1-5H3/t11-/m1/s1. The summed E-state index contributed by atoms with van der Waals surface area (Å²) in [5, 5.41) is 10.0. The van der Waals surface area contributed by atoms with Gasteiger partial charge >= 0.3 is 0 Å². The molecule has 0 unspecified atom stereocenters. The maximum atomic E-state index is 3.96. The van der Waals surface area contributed by atoms with E-state index in [0.29, 0.717) is 6.04 Å². The summed E-state index contributed by atoms with van der Waals surface area (Å²) in [4.78, 5) is 1.59. The lowest BCUT2D eigenvalue weighted by Crippen LogP contribution is -2.67. The van der Waals surface area contributed by atoms with Crippen molar-refractivity contribution in [3.8, 4) is 0 Å². The molecule has 3 heterocycles. The van der Waals surface area contributed by atoms with Crippen LogP contribution >= 0.6 is 11.3 Å². The van der Waals surface area contributed by atoms with E-state index in [4.69, 9.17) is 0 Å². The van der Waals surface area contributed by atoms with Crippen LogP contribution in [0.2, 0.25) is 0 Å². The van der Waals surface area contributed by atoms with Crippen molar-refractivity contribution in [2.24, 2.45) is 0 Å². The number of hydrogen-bond donors (Lipinski definition) is 2. The molecule has 0 aromatic carbocycles. The first kappa shape index (κ1) is 13.6. The van der Waals surface area contributed by atoms with E-state index in [2.05, 4.69) is 56.7 Å². The molecule has 2 N–H and O–H groups in total. The van der Waals surface area contributed by atoms with Crippen LogP contribution in [0.1, 0.15) is 57.9 Å². The summed E-state index contributed by atoms with van der Waals surface area (Å²) in [5.41, 5.74) is 2.09. The van der Waals surface area contributed by atoms with Gasteiger partial charge in [0.15, 0.2) is 0 Å². The second kappa shape index (κ2) is 4.06. The highest BCUT2D eigenvalue weighted by molar-refractivity contribution is 7.10. The molecule has 1 atom stereocenters. The minimum Gasteiger partial charge on any atom is -0.307 e. The second-order valence-electron chi connectivity index (χ2n) is 7.85. The van der Waals surface area contributed by atoms with Crippen molar-refractivity contribution in [2.45, 2.75) is 76.5 Å². The van der Waals surface area contributed by atoms with Gasteiger partial charge in [-0.05, 0) is 70.9 Å². The molecule has 0 radical (unpaired) electrons. The molecule has 0 aliphatic carbocycles. The highest BCUT2D eigenvalue weighted by atomic mass is 32.1. The minimum absolute atomic E-state index is 0.166. The van der Waals surface area contributed by atoms with Gasteiger partial charge in [-0.15, -0.1) is 11.3 Å². The van der Waals surface area contributed by atoms with Gasteiger partial charge in [-0.2, -0.15) is 0 Å². The van der Waals surface area contributed by atoms with Gasteiger partial charge in [0.05, 0.1) is 5.54 Å². The Kier molecular flexibility index (Phi) is 2.91. The molecule has 3 rings (SSSR count). The largest absolute Gasteiger partial charge is 0.307 e. The predicted octanol–water partition coefficient (Wildman–Crippen LogP) is 3.42. The summed E-state index contributed by atoms with van der Waals surface area (Å²) >= 11 is 1.94. The van der Waals surface area contributed by atoms with E-state index < -0.39 is 0 Å². The summed E-state index contributed by atoms with van der Waals surface area (Å²) in [5.74, 6) is 0. The third kappa shape index (κ3) is 2.37. The summed E-state index contributed by atoms with van der Waals surface area (Å²) in [6.45, 7) is 11.7. The van der Waals surface area contributed by atoms with Crippen LogP contribution in [-0.2, 0) is 12.0 Å². The Balaban J connectivity index is 2.08. The molecule has 2 aliphatic rings. The van der Waals surface area contributed by atoms with Crippen molar-refractivity contribution in [1.82, 2.24) is 10.6 Å². The van der Waals surface area contributed by atoms with Gasteiger partial charge in [0.1, 0.15) is 0 Å². The number of nitrogens with one attached hydrogen (secondary N) is 2. The number of piperidine rings is 1. The molecule has 3 heteroatoms. The van der Waals surface area contributed by atoms with Crippen molar-refractivity contribution in [3.63, 3.8) is 0 Å². The zero-order valence-corrected chi connectivity index (χ0v) is 13.6. The highest BCUT2D eigenvalue weighted by Gasteiger charge is 2.51. The third-order valence-electron chi connectivity index (χ3n) is 4.39. The molecule has 0 bridgehead atoms. The zero-order valence-electron chi connectivity index (χ0n) is 12.8. The van der Waals surface area contributed by atoms with Gasteiger partial charge in [-0.1, -0.05) is 0 Å². The number of fused-ring (bicyclic) bond motifs is 2. The van der Waals surface area contributed by atoms with Crippen LogP contribution in [0, 0.1) is 0 Å². The normalized spacial score (nSPS) is 31.1. The second-order valence-corrected chi connectivity index (χ2v) is 8.77. The van der Waals surface area contributed by atoms with E-state index in [1.54, 1.807) is 10.4 Å². The summed E-state index contributed by atoms with van der Waals surface area (Å²) in [6, 6.07) is 2.91. The molecular formula is C16H26N2S. The average molecular weight is 278 g/mol. The fourth-order valence-electron chi connectivity index (χ4n) is 4.67. The van der Waals surface area contributed by atoms with Crippen molar-refractivity contribution < 1.29 is 0 Å². The van der Waals surface area contributed by atoms with Gasteiger partial charge in [0, 0.05) is 22.0 Å². The maximum Gasteiger partial charge on any atom is 0.0568 e. The van der Waals surface area contributed by atoms with Crippen LogP contribution in [0.15, 0.2) is 11.4 Å². The number of hydrogen-bond acceptors (Lipinski definition) is 3. The van der Waals surface area contributed by atoms with E-state index in [9.17, 15) is 0 Å². The fourth-order valence-corrected chi connectivity index (χ4v) is 5.77. The van der Waals surface area contributed by atoms with Gasteiger partial charge < -0.3 is 10.6 Å². The van der Waals surface area contributed by atoms with E-state index in [1.165, 1.54) is 19.3 Å². The Hall–Kier alpha value is -0.380. The molecule has 1 saturated heterocycles. The van der Waals surface area contributed by atoms with Crippen molar-refractivity contribution in [1.29, 1.82) is 0 Å². The molecule has 2 aliphatic heterocycles. The highest BCUT2D eigenvalue weighted by Crippen LogP contribution is 2.47. The molecule has 0 amide bonds. The summed E-state index contributed by atoms with van der Waals surface area (Å²) in [6.07, 6.45) is 3.51. The van der Waals surface area contributed by atoms with Crippen LogP contribution < -0.4 is 10.6 Å². The Labute approximate surface area is 121 Å². The molecule has 1 aromatic heterocycles. The maximum absolute atomic E-state index is 3.96. The van der Waals surface area contributed by atoms with Crippen LogP contribution in [-0.4, -0.2) is 17.1 Å². The van der Waals surface area contributed by atoms with Crippen molar-refractivity contribution >= 4 is 11.3 Å². The molecule has 1 fully saturated rings. The average Bonchev–Trinajstić information content (AvgIpc) is 2.59. The van der Waals surface area contributed by atoms with Crippen LogP contribution in [0.4, 0.5) is 0 Å². The van der Waals surface area contributed by atoms with E-state index in [-0.39, 0.29) is 16.6 Å². The lowest BCUT2D eigenvalue weighted by molar-refractivity contribution is 0.0674.